The number of rotatable bonds is 7. The fourth-order valence-corrected chi connectivity index (χ4v) is 3.45. The molecule has 7 nitrogen and oxygen atoms in total. The largest absolute Gasteiger partial charge is 0.462 e. The van der Waals surface area contributed by atoms with Crippen LogP contribution in [0.25, 0.3) is 17.1 Å². The Labute approximate surface area is 212 Å². The molecule has 2 N–H and O–H groups in total. The van der Waals surface area contributed by atoms with Crippen LogP contribution in [-0.2, 0) is 6.18 Å². The molecule has 0 aliphatic carbocycles. The van der Waals surface area contributed by atoms with Gasteiger partial charge in [-0.05, 0) is 60.9 Å². The fraction of sp³-hybridized carbons (Fsp3) is 0.222. The van der Waals surface area contributed by atoms with E-state index in [-0.39, 0.29) is 11.9 Å². The lowest BCUT2D eigenvalue weighted by Gasteiger charge is -2.11. The van der Waals surface area contributed by atoms with Gasteiger partial charge in [0.2, 0.25) is 0 Å². The number of carbonyl (C=O) groups excluding carboxylic acids is 1. The number of urea groups is 1. The SMILES string of the molecule is Cc1ccccc1NC(=O)Nc1ccc(-n2nc(OCC(C)C)nc2-c2ccc(C(F)(F)F)cc2)cc1. The standard InChI is InChI=1S/C27H26F3N5O2/c1-17(2)16-37-26-33-24(19-8-10-20(11-9-19)27(28,29)30)35(34-26)22-14-12-21(13-15-22)31-25(36)32-23-7-5-4-6-18(23)3/h4-15,17H,16H2,1-3H3,(H2,31,32,36). The lowest BCUT2D eigenvalue weighted by molar-refractivity contribution is -0.137. The molecular weight excluding hydrogens is 483 g/mol. The minimum atomic E-state index is -4.44. The molecule has 0 saturated heterocycles. The van der Waals surface area contributed by atoms with E-state index in [2.05, 4.69) is 20.7 Å². The van der Waals surface area contributed by atoms with E-state index in [1.165, 1.54) is 16.8 Å². The summed E-state index contributed by atoms with van der Waals surface area (Å²) in [5.41, 5.74) is 2.46. The molecule has 0 aliphatic rings. The van der Waals surface area contributed by atoms with Crippen molar-refractivity contribution < 1.29 is 22.7 Å². The Hall–Kier alpha value is -4.34. The van der Waals surface area contributed by atoms with E-state index in [4.69, 9.17) is 4.74 Å². The molecule has 1 aromatic heterocycles. The first-order valence-electron chi connectivity index (χ1n) is 11.6. The topological polar surface area (TPSA) is 81.1 Å². The summed E-state index contributed by atoms with van der Waals surface area (Å²) in [5.74, 6) is 0.558. The smallest absolute Gasteiger partial charge is 0.416 e. The van der Waals surface area contributed by atoms with Crippen molar-refractivity contribution in [3.63, 3.8) is 0 Å². The number of aromatic nitrogens is 3. The predicted octanol–water partition coefficient (Wildman–Crippen LogP) is 6.94. The van der Waals surface area contributed by atoms with Crippen molar-refractivity contribution in [1.82, 2.24) is 14.8 Å². The zero-order chi connectivity index (χ0) is 26.6. The highest BCUT2D eigenvalue weighted by Crippen LogP contribution is 2.31. The van der Waals surface area contributed by atoms with E-state index in [0.29, 0.717) is 35.1 Å². The van der Waals surface area contributed by atoms with E-state index in [1.807, 2.05) is 45.0 Å². The molecule has 0 atom stereocenters. The number of hydrogen-bond donors (Lipinski definition) is 2. The molecule has 0 aliphatic heterocycles. The number of para-hydroxylation sites is 1. The number of anilines is 2. The van der Waals surface area contributed by atoms with Crippen molar-refractivity contribution in [2.24, 2.45) is 5.92 Å². The predicted molar refractivity (Wildman–Crippen MR) is 136 cm³/mol. The minimum Gasteiger partial charge on any atom is -0.462 e. The monoisotopic (exact) mass is 509 g/mol. The highest BCUT2D eigenvalue weighted by Gasteiger charge is 2.30. The van der Waals surface area contributed by atoms with Gasteiger partial charge in [-0.1, -0.05) is 44.2 Å². The maximum absolute atomic E-state index is 13.0. The second-order valence-electron chi connectivity index (χ2n) is 8.85. The van der Waals surface area contributed by atoms with E-state index in [0.717, 1.165) is 17.7 Å². The Morgan fingerprint density at radius 2 is 1.65 bits per heavy atom. The average molecular weight is 510 g/mol. The molecular formula is C27H26F3N5O2. The summed E-state index contributed by atoms with van der Waals surface area (Å²) in [6, 6.07) is 18.7. The zero-order valence-corrected chi connectivity index (χ0v) is 20.5. The van der Waals surface area contributed by atoms with Gasteiger partial charge in [0.15, 0.2) is 5.82 Å². The summed E-state index contributed by atoms with van der Waals surface area (Å²) >= 11 is 0. The van der Waals surface area contributed by atoms with E-state index < -0.39 is 17.8 Å². The van der Waals surface area contributed by atoms with E-state index in [9.17, 15) is 18.0 Å². The third-order valence-electron chi connectivity index (χ3n) is 5.37. The molecule has 0 spiro atoms. The first kappa shape index (κ1) is 25.7. The van der Waals surface area contributed by atoms with Crippen molar-refractivity contribution in [3.8, 4) is 23.1 Å². The number of ether oxygens (including phenoxy) is 1. The Kier molecular flexibility index (Phi) is 7.47. The van der Waals surface area contributed by atoms with Crippen molar-refractivity contribution in [2.75, 3.05) is 17.2 Å². The van der Waals surface area contributed by atoms with Crippen LogP contribution in [0, 0.1) is 12.8 Å². The summed E-state index contributed by atoms with van der Waals surface area (Å²) in [4.78, 5) is 16.8. The van der Waals surface area contributed by atoms with Gasteiger partial charge in [-0.3, -0.25) is 0 Å². The van der Waals surface area contributed by atoms with Gasteiger partial charge in [0, 0.05) is 16.9 Å². The Morgan fingerprint density at radius 3 is 2.27 bits per heavy atom. The van der Waals surface area contributed by atoms with Crippen LogP contribution in [-0.4, -0.2) is 27.4 Å². The van der Waals surface area contributed by atoms with Gasteiger partial charge in [0.05, 0.1) is 17.9 Å². The molecule has 3 aromatic carbocycles. The summed E-state index contributed by atoms with van der Waals surface area (Å²) < 4.78 is 46.2. The number of nitrogens with zero attached hydrogens (tertiary/aromatic N) is 3. The Balaban J connectivity index is 1.58. The second kappa shape index (κ2) is 10.7. The number of hydrogen-bond acceptors (Lipinski definition) is 4. The molecule has 0 radical (unpaired) electrons. The van der Waals surface area contributed by atoms with E-state index >= 15 is 0 Å². The summed E-state index contributed by atoms with van der Waals surface area (Å²) in [7, 11) is 0. The highest BCUT2D eigenvalue weighted by atomic mass is 19.4. The molecule has 0 fully saturated rings. The first-order chi connectivity index (χ1) is 17.6. The normalized spacial score (nSPS) is 11.4. The van der Waals surface area contributed by atoms with Crippen LogP contribution in [0.5, 0.6) is 6.01 Å². The Morgan fingerprint density at radius 1 is 0.973 bits per heavy atom. The first-order valence-corrected chi connectivity index (χ1v) is 11.6. The van der Waals surface area contributed by atoms with Crippen LogP contribution in [0.3, 0.4) is 0 Å². The molecule has 1 heterocycles. The number of halogens is 3. The van der Waals surface area contributed by atoms with Crippen molar-refractivity contribution in [1.29, 1.82) is 0 Å². The number of nitrogens with one attached hydrogen (secondary N) is 2. The second-order valence-corrected chi connectivity index (χ2v) is 8.85. The van der Waals surface area contributed by atoms with Crippen LogP contribution in [0.4, 0.5) is 29.3 Å². The molecule has 10 heteroatoms. The van der Waals surface area contributed by atoms with Crippen molar-refractivity contribution in [3.05, 3.63) is 83.9 Å². The minimum absolute atomic E-state index is 0.114. The maximum atomic E-state index is 13.0. The van der Waals surface area contributed by atoms with Crippen molar-refractivity contribution >= 4 is 17.4 Å². The number of aryl methyl sites for hydroxylation is 1. The fourth-order valence-electron chi connectivity index (χ4n) is 3.45. The number of benzene rings is 3. The lowest BCUT2D eigenvalue weighted by atomic mass is 10.1. The van der Waals surface area contributed by atoms with Gasteiger partial charge in [0.25, 0.3) is 0 Å². The highest BCUT2D eigenvalue weighted by molar-refractivity contribution is 6.00. The van der Waals surface area contributed by atoms with Crippen LogP contribution >= 0.6 is 0 Å². The van der Waals surface area contributed by atoms with Crippen LogP contribution in [0.15, 0.2) is 72.8 Å². The Bertz CT molecular complexity index is 1360. The van der Waals surface area contributed by atoms with Gasteiger partial charge in [-0.2, -0.15) is 18.2 Å². The molecule has 4 rings (SSSR count). The number of carbonyl (C=O) groups is 1. The van der Waals surface area contributed by atoms with E-state index in [1.54, 1.807) is 24.3 Å². The lowest BCUT2D eigenvalue weighted by Crippen LogP contribution is -2.19. The third-order valence-corrected chi connectivity index (χ3v) is 5.37. The van der Waals surface area contributed by atoms with Gasteiger partial charge < -0.3 is 15.4 Å². The third kappa shape index (κ3) is 6.46. The van der Waals surface area contributed by atoms with Crippen LogP contribution in [0.2, 0.25) is 0 Å². The summed E-state index contributed by atoms with van der Waals surface area (Å²) in [5, 5.41) is 9.99. The van der Waals surface area contributed by atoms with Gasteiger partial charge in [-0.25, -0.2) is 9.48 Å². The average Bonchev–Trinajstić information content (AvgIpc) is 3.28. The number of alkyl halides is 3. The molecule has 4 aromatic rings. The number of amides is 2. The van der Waals surface area contributed by atoms with Gasteiger partial charge in [-0.15, -0.1) is 5.10 Å². The summed E-state index contributed by atoms with van der Waals surface area (Å²) in [6.07, 6.45) is -4.44. The molecule has 2 amide bonds. The zero-order valence-electron chi connectivity index (χ0n) is 20.5. The van der Waals surface area contributed by atoms with Crippen molar-refractivity contribution in [2.45, 2.75) is 26.9 Å². The van der Waals surface area contributed by atoms with Crippen LogP contribution < -0.4 is 15.4 Å². The summed E-state index contributed by atoms with van der Waals surface area (Å²) in [6.45, 7) is 6.24. The molecule has 0 bridgehead atoms. The molecule has 0 unspecified atom stereocenters. The molecule has 37 heavy (non-hydrogen) atoms. The maximum Gasteiger partial charge on any atom is 0.416 e. The van der Waals surface area contributed by atoms with Crippen LogP contribution in [0.1, 0.15) is 25.0 Å². The molecule has 0 saturated carbocycles. The molecule has 192 valence electrons. The van der Waals surface area contributed by atoms with Gasteiger partial charge in [0.1, 0.15) is 0 Å². The van der Waals surface area contributed by atoms with Gasteiger partial charge >= 0.3 is 18.2 Å². The quantitative estimate of drug-likeness (QED) is 0.283.